The Morgan fingerprint density at radius 2 is 0.504 bits per heavy atom. The number of amides is 4. The van der Waals surface area contributed by atoms with Crippen molar-refractivity contribution in [2.24, 2.45) is 5.73 Å². The van der Waals surface area contributed by atoms with Gasteiger partial charge in [-0.3, -0.25) is 44.7 Å². The molecule has 21 N–H and O–H groups in total. The summed E-state index contributed by atoms with van der Waals surface area (Å²) in [5.41, 5.74) is 29.5. The summed E-state index contributed by atoms with van der Waals surface area (Å²) in [6, 6.07) is 48.8. The van der Waals surface area contributed by atoms with E-state index in [1.807, 2.05) is 0 Å². The number of alkyl carbamates (subject to hydrolysis) is 3. The van der Waals surface area contributed by atoms with Crippen LogP contribution in [0.15, 0.2) is 204 Å². The van der Waals surface area contributed by atoms with E-state index >= 15 is 0 Å². The predicted octanol–water partition coefficient (Wildman–Crippen LogP) is 13.0. The van der Waals surface area contributed by atoms with E-state index in [-0.39, 0.29) is 95.8 Å². The third-order valence-electron chi connectivity index (χ3n) is 23.2. The number of carbonyl (C=O) groups is 9. The Morgan fingerprint density at radius 3 is 0.736 bits per heavy atom. The van der Waals surface area contributed by atoms with Crippen LogP contribution in [0.5, 0.6) is 28.7 Å². The molecule has 0 unspecified atom stereocenters. The van der Waals surface area contributed by atoms with E-state index in [4.69, 9.17) is 72.3 Å². The molecule has 0 aromatic heterocycles. The van der Waals surface area contributed by atoms with Gasteiger partial charge in [-0.1, -0.05) is 171 Å². The second kappa shape index (κ2) is 30.3. The maximum absolute atomic E-state index is 13.6. The van der Waals surface area contributed by atoms with Gasteiger partial charge in [-0.05, 0) is 153 Å². The van der Waals surface area contributed by atoms with E-state index in [2.05, 4.69) is 101 Å². The standard InChI is InChI=1S/3C20H19BrN2O5.C17H13BrN2O4.C15H11BrN2O3/c3*1-18(2,3)28-17(25)23-19-11-8-7-10(21)9-14(11)27-20(19,26)12-5-4-6-13(22)15(12)16(19)24;1-8(21)20-16-10-6-5-9(18)7-13(10)24-17(16,23)11-3-2-4-12(19)14(11)15(16)22;16-7-4-5-8-11(6-7)21-15(20)9-2-1-3-10(17)12(9)13(19)14(8,15)18/h3*4-9,26H,22H2,1-3H3,(H,23,25);2-7,23H,19H2,1H3,(H,20,21);1-6,20H,17-18H2/t3*19-,20-;16-,17-;14-,15-/m11011/s1. The third kappa shape index (κ3) is 13.2. The number of benzene rings is 10. The van der Waals surface area contributed by atoms with Crippen LogP contribution in [0.2, 0.25) is 0 Å². The minimum absolute atomic E-state index is 0.120. The summed E-state index contributed by atoms with van der Waals surface area (Å²) in [6.45, 7) is 16.6. The molecule has 5 aliphatic carbocycles. The number of anilines is 5. The van der Waals surface area contributed by atoms with Crippen LogP contribution in [-0.4, -0.2) is 95.4 Å². The van der Waals surface area contributed by atoms with E-state index < -0.39 is 127 Å². The summed E-state index contributed by atoms with van der Waals surface area (Å²) < 4.78 is 48.7. The molecule has 0 spiro atoms. The lowest BCUT2D eigenvalue weighted by molar-refractivity contribution is -0.175. The highest BCUT2D eigenvalue weighted by atomic mass is 79.9. The van der Waals surface area contributed by atoms with Gasteiger partial charge in [-0.25, -0.2) is 14.4 Å². The van der Waals surface area contributed by atoms with Gasteiger partial charge in [-0.2, -0.15) is 0 Å². The van der Waals surface area contributed by atoms with E-state index in [1.54, 1.807) is 244 Å². The Balaban J connectivity index is 0.000000119. The highest BCUT2D eigenvalue weighted by Crippen LogP contribution is 2.65. The van der Waals surface area contributed by atoms with Crippen LogP contribution >= 0.6 is 79.6 Å². The average molecular weight is 2080 g/mol. The van der Waals surface area contributed by atoms with Crippen LogP contribution in [0.1, 0.15) is 177 Å². The van der Waals surface area contributed by atoms with Crippen LogP contribution < -0.4 is 79.4 Å². The highest BCUT2D eigenvalue weighted by molar-refractivity contribution is 9.11. The van der Waals surface area contributed by atoms with Gasteiger partial charge >= 0.3 is 18.3 Å². The number of ketones is 5. The number of nitrogen functional groups attached to an aromatic ring is 5. The van der Waals surface area contributed by atoms with Crippen LogP contribution in [0.3, 0.4) is 0 Å². The number of nitrogens with one attached hydrogen (secondary N) is 4. The van der Waals surface area contributed by atoms with Gasteiger partial charge in [0.15, 0.2) is 11.3 Å². The predicted molar refractivity (Wildman–Crippen MR) is 484 cm³/mol. The molecule has 20 rings (SSSR count). The lowest BCUT2D eigenvalue weighted by atomic mass is 9.83. The quantitative estimate of drug-likeness (QED) is 0.0575. The minimum atomic E-state index is -2.16. The van der Waals surface area contributed by atoms with E-state index in [1.165, 1.54) is 6.92 Å². The molecule has 0 radical (unpaired) electrons. The van der Waals surface area contributed by atoms with Gasteiger partial charge in [0.2, 0.25) is 51.2 Å². The topological polar surface area (TPSA) is 533 Å². The first kappa shape index (κ1) is 90.3. The summed E-state index contributed by atoms with van der Waals surface area (Å²) in [7, 11) is 0. The SMILES string of the molecule is CC(=O)N[C@]12C(=O)c3c(N)cccc3[C@@]1(O)Oc1cc(Br)ccc12.CC(C)(C)OC(=O)N[C@@]12C(=O)c3c(N)cccc3[C@]1(O)Oc1cc(Br)ccc12.CC(C)(C)OC(=O)N[C@]12C(=O)c3c(N)cccc3[C@@]1(O)Oc1cc(Br)ccc12.CC(C)(C)OC(=O)N[C@]12C(=O)c3c(N)cccc3[C@@]1(O)Oc1cc(Br)ccc12.Nc1cccc2c1C(=O)[C@]1(N)c3ccc(Br)cc3O[C@]21O. The minimum Gasteiger partial charge on any atom is -0.455 e. The first-order valence-corrected chi connectivity index (χ1v) is 43.5. The summed E-state index contributed by atoms with van der Waals surface area (Å²) in [6.07, 6.45) is -2.57. The van der Waals surface area contributed by atoms with E-state index in [0.717, 1.165) is 8.95 Å². The zero-order valence-electron chi connectivity index (χ0n) is 69.9. The molecular formula is C92H81Br5N10O22. The molecule has 4 amide bonds. The fraction of sp³-hybridized carbons (Fsp3) is 0.250. The number of nitrogens with two attached hydrogens (primary N) is 6. The van der Waals surface area contributed by atoms with Crippen molar-refractivity contribution in [2.75, 3.05) is 28.7 Å². The van der Waals surface area contributed by atoms with Gasteiger partial charge in [0, 0.05) is 113 Å². The number of fused-ring (bicyclic) bond motifs is 25. The molecule has 5 aliphatic heterocycles. The van der Waals surface area contributed by atoms with Crippen LogP contribution in [-0.2, 0) is 75.6 Å². The Hall–Kier alpha value is -12.0. The Kier molecular flexibility index (Phi) is 21.2. The molecule has 10 aromatic rings. The van der Waals surface area contributed by atoms with Crippen molar-refractivity contribution in [1.29, 1.82) is 0 Å². The number of Topliss-reactive ketones (excluding diaryl/α,β-unsaturated/α-hetero) is 5. The molecule has 10 aromatic carbocycles. The second-order valence-electron chi connectivity index (χ2n) is 34.8. The fourth-order valence-electron chi connectivity index (χ4n) is 18.2. The number of aliphatic hydroxyl groups is 5. The molecule has 32 nitrogen and oxygen atoms in total. The van der Waals surface area contributed by atoms with Gasteiger partial charge in [0.1, 0.15) is 45.6 Å². The van der Waals surface area contributed by atoms with Gasteiger partial charge in [0.05, 0.1) is 27.8 Å². The molecule has 0 bridgehead atoms. The van der Waals surface area contributed by atoms with Crippen molar-refractivity contribution >= 4 is 161 Å². The summed E-state index contributed by atoms with van der Waals surface area (Å²) in [5.74, 6) is -12.0. The average Bonchev–Trinajstić information content (AvgIpc) is 1.52. The zero-order chi connectivity index (χ0) is 93.7. The number of hydrogen-bond donors (Lipinski definition) is 15. The molecule has 5 heterocycles. The monoisotopic (exact) mass is 2070 g/mol. The first-order chi connectivity index (χ1) is 60.2. The van der Waals surface area contributed by atoms with Crippen molar-refractivity contribution < 1.29 is 107 Å². The molecule has 10 aliphatic rings. The van der Waals surface area contributed by atoms with Gasteiger partial charge in [0.25, 0.3) is 28.9 Å². The summed E-state index contributed by atoms with van der Waals surface area (Å²) in [4.78, 5) is 117. The third-order valence-corrected chi connectivity index (χ3v) is 25.7. The van der Waals surface area contributed by atoms with Crippen LogP contribution in [0, 0.1) is 0 Å². The largest absolute Gasteiger partial charge is 0.455 e. The molecule has 0 saturated heterocycles. The Labute approximate surface area is 776 Å². The van der Waals surface area contributed by atoms with Crippen molar-refractivity contribution in [3.05, 3.63) is 288 Å². The lowest BCUT2D eigenvalue weighted by Gasteiger charge is -2.35. The molecule has 0 fully saturated rings. The molecule has 666 valence electrons. The summed E-state index contributed by atoms with van der Waals surface area (Å²) in [5, 5.41) is 67.6. The number of ether oxygens (including phenoxy) is 8. The zero-order valence-corrected chi connectivity index (χ0v) is 77.8. The normalized spacial score (nSPS) is 25.8. The summed E-state index contributed by atoms with van der Waals surface area (Å²) >= 11 is 16.7. The second-order valence-corrected chi connectivity index (χ2v) is 39.4. The number of halogens is 5. The molecule has 129 heavy (non-hydrogen) atoms. The smallest absolute Gasteiger partial charge is 0.408 e. The lowest BCUT2D eigenvalue weighted by Crippen LogP contribution is -2.60. The molecular weight excluding hydrogens is 2000 g/mol. The van der Waals surface area contributed by atoms with Crippen molar-refractivity contribution in [2.45, 2.75) is 143 Å². The van der Waals surface area contributed by atoms with Crippen molar-refractivity contribution in [1.82, 2.24) is 21.3 Å². The first-order valence-electron chi connectivity index (χ1n) is 39.6. The maximum atomic E-state index is 13.6. The Morgan fingerprint density at radius 1 is 0.302 bits per heavy atom. The van der Waals surface area contributed by atoms with Crippen molar-refractivity contribution in [3.8, 4) is 28.7 Å². The van der Waals surface area contributed by atoms with Crippen molar-refractivity contribution in [3.63, 3.8) is 0 Å². The number of carbonyl (C=O) groups excluding carboxylic acids is 9. The molecule has 10 atom stereocenters. The van der Waals surface area contributed by atoms with Gasteiger partial charge in [-0.15, -0.1) is 0 Å². The van der Waals surface area contributed by atoms with E-state index in [0.29, 0.717) is 58.3 Å². The Bertz CT molecular complexity index is 6270. The van der Waals surface area contributed by atoms with E-state index in [9.17, 15) is 68.7 Å². The van der Waals surface area contributed by atoms with Gasteiger partial charge < -0.3 is 103 Å². The fourth-order valence-corrected chi connectivity index (χ4v) is 19.9. The van der Waals surface area contributed by atoms with Crippen LogP contribution in [0.25, 0.3) is 0 Å². The highest BCUT2D eigenvalue weighted by Gasteiger charge is 2.77. The number of hydrogen-bond acceptors (Lipinski definition) is 28. The molecule has 0 saturated carbocycles. The van der Waals surface area contributed by atoms with Crippen LogP contribution in [0.4, 0.5) is 42.8 Å². The molecule has 37 heteroatoms. The number of rotatable bonds is 4. The maximum Gasteiger partial charge on any atom is 0.408 e.